The summed E-state index contributed by atoms with van der Waals surface area (Å²) in [4.78, 5) is 21.4. The standard InChI is InChI=1S/C17H20N4O/c1-4-14(9-20-6-5-18-10-20)21-11-19-16-13(3)7-12(2)8-15(16)17(21)22/h5-8,10-11,14H,4,9H2,1-3H3/t14-/m1/s1. The van der Waals surface area contributed by atoms with Gasteiger partial charge in [0.05, 0.1) is 29.6 Å². The number of aromatic nitrogens is 4. The van der Waals surface area contributed by atoms with Gasteiger partial charge in [0.25, 0.3) is 5.56 Å². The van der Waals surface area contributed by atoms with Crippen LogP contribution in [0.1, 0.15) is 30.5 Å². The highest BCUT2D eigenvalue weighted by atomic mass is 16.1. The van der Waals surface area contributed by atoms with E-state index in [9.17, 15) is 4.79 Å². The number of imidazole rings is 1. The number of hydrogen-bond donors (Lipinski definition) is 0. The van der Waals surface area contributed by atoms with Gasteiger partial charge in [-0.3, -0.25) is 9.36 Å². The number of hydrogen-bond acceptors (Lipinski definition) is 3. The molecule has 0 aliphatic carbocycles. The largest absolute Gasteiger partial charge is 0.335 e. The van der Waals surface area contributed by atoms with E-state index in [1.807, 2.05) is 30.7 Å². The quantitative estimate of drug-likeness (QED) is 0.744. The second-order valence-electron chi connectivity index (χ2n) is 5.76. The molecular weight excluding hydrogens is 276 g/mol. The molecule has 3 aromatic rings. The second-order valence-corrected chi connectivity index (χ2v) is 5.76. The summed E-state index contributed by atoms with van der Waals surface area (Å²) < 4.78 is 3.74. The first kappa shape index (κ1) is 14.5. The lowest BCUT2D eigenvalue weighted by molar-refractivity contribution is 0.406. The van der Waals surface area contributed by atoms with Crippen LogP contribution in [-0.2, 0) is 6.54 Å². The molecule has 0 aliphatic rings. The summed E-state index contributed by atoms with van der Waals surface area (Å²) in [7, 11) is 0. The van der Waals surface area contributed by atoms with Crippen molar-refractivity contribution < 1.29 is 0 Å². The third-order valence-electron chi connectivity index (χ3n) is 4.07. The van der Waals surface area contributed by atoms with Crippen LogP contribution < -0.4 is 5.56 Å². The Hall–Kier alpha value is -2.43. The van der Waals surface area contributed by atoms with E-state index in [0.717, 1.165) is 23.1 Å². The maximum atomic E-state index is 12.9. The number of fused-ring (bicyclic) bond motifs is 1. The first-order valence-electron chi connectivity index (χ1n) is 7.54. The molecule has 3 rings (SSSR count). The Labute approximate surface area is 129 Å². The summed E-state index contributed by atoms with van der Waals surface area (Å²) in [5, 5.41) is 0.698. The Morgan fingerprint density at radius 3 is 2.73 bits per heavy atom. The highest BCUT2D eigenvalue weighted by Crippen LogP contribution is 2.17. The van der Waals surface area contributed by atoms with E-state index >= 15 is 0 Å². The zero-order valence-electron chi connectivity index (χ0n) is 13.2. The minimum Gasteiger partial charge on any atom is -0.335 e. The van der Waals surface area contributed by atoms with Crippen LogP contribution in [0.2, 0.25) is 0 Å². The molecule has 1 atom stereocenters. The van der Waals surface area contributed by atoms with Gasteiger partial charge in [0.15, 0.2) is 0 Å². The summed E-state index contributed by atoms with van der Waals surface area (Å²) in [5.74, 6) is 0. The lowest BCUT2D eigenvalue weighted by Gasteiger charge is -2.19. The van der Waals surface area contributed by atoms with E-state index in [-0.39, 0.29) is 11.6 Å². The molecule has 0 spiro atoms. The van der Waals surface area contributed by atoms with Gasteiger partial charge in [-0.2, -0.15) is 0 Å². The molecule has 0 saturated heterocycles. The van der Waals surface area contributed by atoms with Crippen LogP contribution in [0.25, 0.3) is 10.9 Å². The maximum Gasteiger partial charge on any atom is 0.261 e. The molecule has 1 aromatic carbocycles. The molecule has 0 radical (unpaired) electrons. The van der Waals surface area contributed by atoms with Crippen molar-refractivity contribution in [1.29, 1.82) is 0 Å². The first-order valence-corrected chi connectivity index (χ1v) is 7.54. The molecule has 22 heavy (non-hydrogen) atoms. The molecule has 2 aromatic heterocycles. The molecule has 5 heteroatoms. The highest BCUT2D eigenvalue weighted by molar-refractivity contribution is 5.81. The number of benzene rings is 1. The van der Waals surface area contributed by atoms with E-state index in [2.05, 4.69) is 23.0 Å². The average Bonchev–Trinajstić information content (AvgIpc) is 2.99. The fraction of sp³-hybridized carbons (Fsp3) is 0.353. The molecule has 2 heterocycles. The Morgan fingerprint density at radius 2 is 2.05 bits per heavy atom. The Morgan fingerprint density at radius 1 is 1.23 bits per heavy atom. The summed E-state index contributed by atoms with van der Waals surface area (Å²) in [5.41, 5.74) is 2.96. The van der Waals surface area contributed by atoms with E-state index in [0.29, 0.717) is 11.9 Å². The molecule has 0 N–H and O–H groups in total. The van der Waals surface area contributed by atoms with Gasteiger partial charge in [0, 0.05) is 18.9 Å². The second kappa shape index (κ2) is 5.75. The van der Waals surface area contributed by atoms with Crippen molar-refractivity contribution in [3.63, 3.8) is 0 Å². The van der Waals surface area contributed by atoms with Gasteiger partial charge in [-0.1, -0.05) is 13.0 Å². The predicted octanol–water partition coefficient (Wildman–Crippen LogP) is 2.86. The summed E-state index contributed by atoms with van der Waals surface area (Å²) in [6.07, 6.45) is 7.97. The van der Waals surface area contributed by atoms with E-state index in [4.69, 9.17) is 0 Å². The van der Waals surface area contributed by atoms with Gasteiger partial charge in [0.2, 0.25) is 0 Å². The van der Waals surface area contributed by atoms with Gasteiger partial charge < -0.3 is 4.57 Å². The van der Waals surface area contributed by atoms with Crippen molar-refractivity contribution in [3.05, 3.63) is 58.7 Å². The van der Waals surface area contributed by atoms with Crippen molar-refractivity contribution in [2.45, 2.75) is 39.8 Å². The normalized spacial score (nSPS) is 12.7. The van der Waals surface area contributed by atoms with Crippen molar-refractivity contribution >= 4 is 10.9 Å². The Kier molecular flexibility index (Phi) is 3.79. The summed E-state index contributed by atoms with van der Waals surface area (Å²) >= 11 is 0. The van der Waals surface area contributed by atoms with Crippen LogP contribution in [0, 0.1) is 13.8 Å². The van der Waals surface area contributed by atoms with Crippen LogP contribution in [-0.4, -0.2) is 19.1 Å². The third kappa shape index (κ3) is 2.54. The zero-order valence-corrected chi connectivity index (χ0v) is 13.2. The van der Waals surface area contributed by atoms with Gasteiger partial charge in [-0.15, -0.1) is 0 Å². The third-order valence-corrected chi connectivity index (χ3v) is 4.07. The van der Waals surface area contributed by atoms with Gasteiger partial charge in [-0.05, 0) is 37.5 Å². The maximum absolute atomic E-state index is 12.9. The molecule has 0 unspecified atom stereocenters. The molecule has 0 aliphatic heterocycles. The van der Waals surface area contributed by atoms with Crippen molar-refractivity contribution in [3.8, 4) is 0 Å². The van der Waals surface area contributed by atoms with Crippen LogP contribution in [0.15, 0.2) is 42.0 Å². The minimum atomic E-state index is 0.0313. The monoisotopic (exact) mass is 296 g/mol. The van der Waals surface area contributed by atoms with Crippen molar-refractivity contribution in [2.75, 3.05) is 0 Å². The SMILES string of the molecule is CC[C@H](Cn1ccnc1)n1cnc2c(C)cc(C)cc2c1=O. The Balaban J connectivity index is 2.10. The lowest BCUT2D eigenvalue weighted by Crippen LogP contribution is -2.27. The molecule has 0 amide bonds. The fourth-order valence-corrected chi connectivity index (χ4v) is 2.92. The fourth-order valence-electron chi connectivity index (χ4n) is 2.92. The Bertz CT molecular complexity index is 849. The van der Waals surface area contributed by atoms with Crippen LogP contribution >= 0.6 is 0 Å². The zero-order chi connectivity index (χ0) is 15.7. The molecule has 0 fully saturated rings. The van der Waals surface area contributed by atoms with Gasteiger partial charge in [0.1, 0.15) is 0 Å². The number of nitrogens with zero attached hydrogens (tertiary/aromatic N) is 4. The average molecular weight is 296 g/mol. The topological polar surface area (TPSA) is 52.7 Å². The van der Waals surface area contributed by atoms with Crippen LogP contribution in [0.5, 0.6) is 0 Å². The predicted molar refractivity (Wildman–Crippen MR) is 87.0 cm³/mol. The first-order chi connectivity index (χ1) is 10.6. The van der Waals surface area contributed by atoms with Crippen LogP contribution in [0.3, 0.4) is 0 Å². The minimum absolute atomic E-state index is 0.0313. The molecule has 5 nitrogen and oxygen atoms in total. The molecule has 114 valence electrons. The molecule has 0 saturated carbocycles. The summed E-state index contributed by atoms with van der Waals surface area (Å²) in [6, 6.07) is 4.06. The number of rotatable bonds is 4. The van der Waals surface area contributed by atoms with E-state index in [1.165, 1.54) is 0 Å². The smallest absolute Gasteiger partial charge is 0.261 e. The summed E-state index contributed by atoms with van der Waals surface area (Å²) in [6.45, 7) is 6.80. The molecule has 0 bridgehead atoms. The highest BCUT2D eigenvalue weighted by Gasteiger charge is 2.14. The van der Waals surface area contributed by atoms with Crippen LogP contribution in [0.4, 0.5) is 0 Å². The number of aryl methyl sites for hydroxylation is 2. The van der Waals surface area contributed by atoms with E-state index < -0.39 is 0 Å². The lowest BCUT2D eigenvalue weighted by atomic mass is 10.1. The van der Waals surface area contributed by atoms with Gasteiger partial charge in [-0.25, -0.2) is 9.97 Å². The van der Waals surface area contributed by atoms with Crippen molar-refractivity contribution in [1.82, 2.24) is 19.1 Å². The van der Waals surface area contributed by atoms with Gasteiger partial charge >= 0.3 is 0 Å². The molecular formula is C17H20N4O. The van der Waals surface area contributed by atoms with Crippen molar-refractivity contribution in [2.24, 2.45) is 0 Å². The van der Waals surface area contributed by atoms with E-state index in [1.54, 1.807) is 23.4 Å².